The van der Waals surface area contributed by atoms with Crippen molar-refractivity contribution in [1.29, 1.82) is 0 Å². The molecule has 1 N–H and O–H groups in total. The van der Waals surface area contributed by atoms with Crippen LogP contribution in [0.25, 0.3) is 11.3 Å². The van der Waals surface area contributed by atoms with Crippen LogP contribution in [0.3, 0.4) is 0 Å². The van der Waals surface area contributed by atoms with Gasteiger partial charge in [-0.05, 0) is 48.0 Å². The predicted molar refractivity (Wildman–Crippen MR) is 113 cm³/mol. The lowest BCUT2D eigenvalue weighted by Crippen LogP contribution is -2.48. The molecule has 4 rings (SSSR count). The summed E-state index contributed by atoms with van der Waals surface area (Å²) in [7, 11) is 1.63. The molecule has 29 heavy (non-hydrogen) atoms. The number of amides is 1. The maximum atomic E-state index is 12.8. The van der Waals surface area contributed by atoms with Gasteiger partial charge in [-0.2, -0.15) is 5.10 Å². The van der Waals surface area contributed by atoms with Crippen molar-refractivity contribution < 1.29 is 9.53 Å². The highest BCUT2D eigenvalue weighted by atomic mass is 35.5. The first-order valence-electron chi connectivity index (χ1n) is 9.58. The van der Waals surface area contributed by atoms with E-state index in [-0.39, 0.29) is 5.91 Å². The van der Waals surface area contributed by atoms with Crippen molar-refractivity contribution in [3.63, 3.8) is 0 Å². The number of carbonyl (C=O) groups excluding carboxylic acids is 1. The third-order valence-electron chi connectivity index (χ3n) is 5.17. The van der Waals surface area contributed by atoms with Crippen molar-refractivity contribution in [3.05, 3.63) is 70.9 Å². The van der Waals surface area contributed by atoms with Gasteiger partial charge in [-0.3, -0.25) is 14.8 Å². The molecule has 0 atom stereocenters. The normalized spacial score (nSPS) is 14.8. The number of hydrogen-bond donors (Lipinski definition) is 1. The van der Waals surface area contributed by atoms with Gasteiger partial charge in [0.15, 0.2) is 0 Å². The lowest BCUT2D eigenvalue weighted by Gasteiger charge is -2.34. The van der Waals surface area contributed by atoms with Crippen molar-refractivity contribution in [2.75, 3.05) is 33.3 Å². The quantitative estimate of drug-likeness (QED) is 0.696. The lowest BCUT2D eigenvalue weighted by atomic mass is 10.1. The number of hydrogen-bond acceptors (Lipinski definition) is 4. The van der Waals surface area contributed by atoms with E-state index in [1.54, 1.807) is 7.11 Å². The van der Waals surface area contributed by atoms with Crippen LogP contribution in [0.5, 0.6) is 5.75 Å². The van der Waals surface area contributed by atoms with Gasteiger partial charge >= 0.3 is 0 Å². The molecule has 7 heteroatoms. The molecule has 0 spiro atoms. The zero-order chi connectivity index (χ0) is 20.2. The number of methoxy groups -OCH3 is 1. The van der Waals surface area contributed by atoms with Crippen LogP contribution in [0.2, 0.25) is 5.02 Å². The minimum absolute atomic E-state index is 0.0107. The van der Waals surface area contributed by atoms with Crippen LogP contribution in [-0.4, -0.2) is 59.2 Å². The molecule has 1 amide bonds. The standard InChI is InChI=1S/C22H23ClN4O2/c1-29-19-8-4-17(5-9-19)20-14-21(25-24-20)22(28)27-12-10-26(11-13-27)15-16-2-6-18(23)7-3-16/h2-9,14H,10-13,15H2,1H3,(H,24,25). The number of nitrogens with zero attached hydrogens (tertiary/aromatic N) is 3. The van der Waals surface area contributed by atoms with Crippen molar-refractivity contribution >= 4 is 17.5 Å². The van der Waals surface area contributed by atoms with Gasteiger partial charge < -0.3 is 9.64 Å². The fourth-order valence-corrected chi connectivity index (χ4v) is 3.59. The number of rotatable bonds is 5. The van der Waals surface area contributed by atoms with Crippen molar-refractivity contribution in [2.24, 2.45) is 0 Å². The molecule has 2 heterocycles. The number of halogens is 1. The number of aromatic nitrogens is 2. The topological polar surface area (TPSA) is 61.5 Å². The summed E-state index contributed by atoms with van der Waals surface area (Å²) >= 11 is 5.95. The monoisotopic (exact) mass is 410 g/mol. The summed E-state index contributed by atoms with van der Waals surface area (Å²) in [5, 5.41) is 7.94. The molecule has 1 aromatic heterocycles. The summed E-state index contributed by atoms with van der Waals surface area (Å²) < 4.78 is 5.18. The average Bonchev–Trinajstić information content (AvgIpc) is 3.26. The van der Waals surface area contributed by atoms with Gasteiger partial charge in [0.1, 0.15) is 11.4 Å². The van der Waals surface area contributed by atoms with Crippen LogP contribution in [0.4, 0.5) is 0 Å². The molecule has 3 aromatic rings. The Hall–Kier alpha value is -2.83. The molecule has 1 aliphatic rings. The second-order valence-corrected chi connectivity index (χ2v) is 7.53. The number of benzene rings is 2. The summed E-state index contributed by atoms with van der Waals surface area (Å²) in [6, 6.07) is 17.3. The molecule has 0 radical (unpaired) electrons. The Labute approximate surface area is 175 Å². The Morgan fingerprint density at radius 2 is 1.76 bits per heavy atom. The summed E-state index contributed by atoms with van der Waals surface area (Å²) in [6.45, 7) is 3.94. The van der Waals surface area contributed by atoms with Crippen LogP contribution in [0.1, 0.15) is 16.1 Å². The number of ether oxygens (including phenoxy) is 1. The Balaban J connectivity index is 1.34. The van der Waals surface area contributed by atoms with Gasteiger partial charge in [-0.25, -0.2) is 0 Å². The smallest absolute Gasteiger partial charge is 0.271 e. The van der Waals surface area contributed by atoms with Crippen LogP contribution in [0.15, 0.2) is 54.6 Å². The molecular formula is C22H23ClN4O2. The minimum Gasteiger partial charge on any atom is -0.497 e. The molecule has 0 aliphatic carbocycles. The highest BCUT2D eigenvalue weighted by molar-refractivity contribution is 6.30. The van der Waals surface area contributed by atoms with Crippen LogP contribution >= 0.6 is 11.6 Å². The summed E-state index contributed by atoms with van der Waals surface area (Å²) in [6.07, 6.45) is 0. The molecule has 1 saturated heterocycles. The zero-order valence-corrected chi connectivity index (χ0v) is 17.0. The van der Waals surface area contributed by atoms with Gasteiger partial charge in [0, 0.05) is 43.3 Å². The Bertz CT molecular complexity index is 961. The first-order chi connectivity index (χ1) is 14.1. The number of H-pyrrole nitrogens is 1. The summed E-state index contributed by atoms with van der Waals surface area (Å²) in [5.74, 6) is 0.778. The predicted octanol–water partition coefficient (Wildman–Crippen LogP) is 3.70. The van der Waals surface area contributed by atoms with Gasteiger partial charge in [-0.1, -0.05) is 23.7 Å². The molecular weight excluding hydrogens is 388 g/mol. The first-order valence-corrected chi connectivity index (χ1v) is 9.96. The first kappa shape index (κ1) is 19.5. The molecule has 0 saturated carbocycles. The Kier molecular flexibility index (Phi) is 5.83. The maximum absolute atomic E-state index is 12.8. The zero-order valence-electron chi connectivity index (χ0n) is 16.3. The van der Waals surface area contributed by atoms with Crippen LogP contribution < -0.4 is 4.74 Å². The Morgan fingerprint density at radius 1 is 1.07 bits per heavy atom. The molecule has 1 fully saturated rings. The fraction of sp³-hybridized carbons (Fsp3) is 0.273. The highest BCUT2D eigenvalue weighted by Crippen LogP contribution is 2.22. The summed E-state index contributed by atoms with van der Waals surface area (Å²) in [5.41, 5.74) is 3.43. The molecule has 0 bridgehead atoms. The second kappa shape index (κ2) is 8.68. The van der Waals surface area contributed by atoms with E-state index in [1.165, 1.54) is 5.56 Å². The molecule has 1 aliphatic heterocycles. The third kappa shape index (κ3) is 4.60. The third-order valence-corrected chi connectivity index (χ3v) is 5.42. The number of piperazine rings is 1. The van der Waals surface area contributed by atoms with Crippen LogP contribution in [-0.2, 0) is 6.54 Å². The van der Waals surface area contributed by atoms with Crippen molar-refractivity contribution in [3.8, 4) is 17.0 Å². The van der Waals surface area contributed by atoms with Crippen LogP contribution in [0, 0.1) is 0 Å². The van der Waals surface area contributed by atoms with Crippen molar-refractivity contribution in [1.82, 2.24) is 20.0 Å². The van der Waals surface area contributed by atoms with E-state index < -0.39 is 0 Å². The fourth-order valence-electron chi connectivity index (χ4n) is 3.47. The molecule has 6 nitrogen and oxygen atoms in total. The molecule has 2 aromatic carbocycles. The van der Waals surface area contributed by atoms with E-state index in [0.29, 0.717) is 18.8 Å². The number of carbonyl (C=O) groups is 1. The van der Waals surface area contributed by atoms with Crippen molar-refractivity contribution in [2.45, 2.75) is 6.54 Å². The number of aromatic amines is 1. The second-order valence-electron chi connectivity index (χ2n) is 7.09. The average molecular weight is 411 g/mol. The van der Waals surface area contributed by atoms with E-state index in [2.05, 4.69) is 15.1 Å². The largest absolute Gasteiger partial charge is 0.497 e. The molecule has 150 valence electrons. The van der Waals surface area contributed by atoms with E-state index in [9.17, 15) is 4.79 Å². The number of nitrogens with one attached hydrogen (secondary N) is 1. The SMILES string of the molecule is COc1ccc(-c2cc(C(=O)N3CCN(Cc4ccc(Cl)cc4)CC3)[nH]n2)cc1. The van der Waals surface area contributed by atoms with E-state index in [0.717, 1.165) is 41.7 Å². The maximum Gasteiger partial charge on any atom is 0.271 e. The Morgan fingerprint density at radius 3 is 2.41 bits per heavy atom. The highest BCUT2D eigenvalue weighted by Gasteiger charge is 2.23. The van der Waals surface area contributed by atoms with E-state index >= 15 is 0 Å². The molecule has 0 unspecified atom stereocenters. The van der Waals surface area contributed by atoms with Gasteiger partial charge in [0.2, 0.25) is 0 Å². The lowest BCUT2D eigenvalue weighted by molar-refractivity contribution is 0.0622. The van der Waals surface area contributed by atoms with E-state index in [1.807, 2.05) is 59.5 Å². The van der Waals surface area contributed by atoms with E-state index in [4.69, 9.17) is 16.3 Å². The van der Waals surface area contributed by atoms with Gasteiger partial charge in [0.25, 0.3) is 5.91 Å². The van der Waals surface area contributed by atoms with Gasteiger partial charge in [-0.15, -0.1) is 0 Å². The van der Waals surface area contributed by atoms with Gasteiger partial charge in [0.05, 0.1) is 12.8 Å². The summed E-state index contributed by atoms with van der Waals surface area (Å²) in [4.78, 5) is 17.1. The minimum atomic E-state index is -0.0107.